The summed E-state index contributed by atoms with van der Waals surface area (Å²) in [4.78, 5) is 0. The van der Waals surface area contributed by atoms with Crippen LogP contribution >= 0.6 is 15.9 Å². The smallest absolute Gasteiger partial charge is 0.0418 e. The van der Waals surface area contributed by atoms with Crippen molar-refractivity contribution in [2.24, 2.45) is 0 Å². The first-order valence-corrected chi connectivity index (χ1v) is 8.37. The largest absolute Gasteiger partial charge is 0.385 e. The second kappa shape index (κ2) is 6.63. The lowest BCUT2D eigenvalue weighted by molar-refractivity contribution is 0.574. The first-order valence-electron chi connectivity index (χ1n) is 7.57. The molecule has 0 amide bonds. The third-order valence-corrected chi connectivity index (χ3v) is 4.60. The molecular formula is C18H21BrN2. The van der Waals surface area contributed by atoms with E-state index < -0.39 is 0 Å². The molecule has 2 aromatic rings. The summed E-state index contributed by atoms with van der Waals surface area (Å²) in [6.07, 6.45) is 2.43. The molecule has 1 heterocycles. The molecule has 2 nitrogen and oxygen atoms in total. The van der Waals surface area contributed by atoms with Crippen LogP contribution in [-0.4, -0.2) is 6.54 Å². The van der Waals surface area contributed by atoms with Gasteiger partial charge in [0, 0.05) is 29.3 Å². The number of hydrogen-bond donors (Lipinski definition) is 2. The molecule has 0 bridgehead atoms. The second-order valence-corrected chi connectivity index (χ2v) is 6.55. The van der Waals surface area contributed by atoms with Crippen molar-refractivity contribution in [2.45, 2.75) is 32.4 Å². The quantitative estimate of drug-likeness (QED) is 0.842. The third-order valence-electron chi connectivity index (χ3n) is 4.11. The minimum atomic E-state index is 0.335. The van der Waals surface area contributed by atoms with Crippen LogP contribution in [0.15, 0.2) is 46.9 Å². The number of aryl methyl sites for hydroxylation is 1. The Balaban J connectivity index is 1.70. The molecule has 21 heavy (non-hydrogen) atoms. The van der Waals surface area contributed by atoms with Crippen LogP contribution in [0.2, 0.25) is 0 Å². The van der Waals surface area contributed by atoms with Crippen molar-refractivity contribution < 1.29 is 0 Å². The highest BCUT2D eigenvalue weighted by atomic mass is 79.9. The van der Waals surface area contributed by atoms with Crippen LogP contribution in [0.4, 0.5) is 5.69 Å². The molecule has 0 radical (unpaired) electrons. The molecular weight excluding hydrogens is 324 g/mol. The second-order valence-electron chi connectivity index (χ2n) is 5.64. The van der Waals surface area contributed by atoms with E-state index in [1.807, 2.05) is 0 Å². The molecule has 0 spiro atoms. The SMILES string of the molecule is C[C@H](NCc1cccc2c1NCCC2)c1cccc(Br)c1. The van der Waals surface area contributed by atoms with Gasteiger partial charge in [-0.2, -0.15) is 0 Å². The van der Waals surface area contributed by atoms with Crippen molar-refractivity contribution in [1.29, 1.82) is 0 Å². The van der Waals surface area contributed by atoms with Crippen molar-refractivity contribution >= 4 is 21.6 Å². The van der Waals surface area contributed by atoms with E-state index in [-0.39, 0.29) is 0 Å². The maximum atomic E-state index is 3.63. The summed E-state index contributed by atoms with van der Waals surface area (Å²) in [7, 11) is 0. The van der Waals surface area contributed by atoms with E-state index in [0.717, 1.165) is 17.6 Å². The summed E-state index contributed by atoms with van der Waals surface area (Å²) in [5, 5.41) is 7.19. The van der Waals surface area contributed by atoms with Crippen molar-refractivity contribution in [2.75, 3.05) is 11.9 Å². The standard InChI is InChI=1S/C18H21BrN2/c1-13(15-6-3-9-17(19)11-15)21-12-16-7-2-5-14-8-4-10-20-18(14)16/h2-3,5-7,9,11,13,20-21H,4,8,10,12H2,1H3/t13-/m0/s1. The maximum absolute atomic E-state index is 3.63. The highest BCUT2D eigenvalue weighted by molar-refractivity contribution is 9.10. The zero-order valence-corrected chi connectivity index (χ0v) is 13.9. The molecule has 0 saturated carbocycles. The molecule has 110 valence electrons. The van der Waals surface area contributed by atoms with Gasteiger partial charge in [-0.05, 0) is 48.6 Å². The number of para-hydroxylation sites is 1. The Morgan fingerprint density at radius 2 is 2.10 bits per heavy atom. The molecule has 0 unspecified atom stereocenters. The van der Waals surface area contributed by atoms with E-state index >= 15 is 0 Å². The molecule has 0 aromatic heterocycles. The van der Waals surface area contributed by atoms with Crippen LogP contribution in [0.25, 0.3) is 0 Å². The Kier molecular flexibility index (Phi) is 4.61. The van der Waals surface area contributed by atoms with Gasteiger partial charge in [-0.25, -0.2) is 0 Å². The van der Waals surface area contributed by atoms with Gasteiger partial charge in [0.2, 0.25) is 0 Å². The molecule has 1 aliphatic heterocycles. The summed E-state index contributed by atoms with van der Waals surface area (Å²) in [5.41, 5.74) is 5.48. The lowest BCUT2D eigenvalue weighted by Gasteiger charge is -2.22. The highest BCUT2D eigenvalue weighted by Crippen LogP contribution is 2.26. The molecule has 0 saturated heterocycles. The summed E-state index contributed by atoms with van der Waals surface area (Å²) < 4.78 is 1.13. The van der Waals surface area contributed by atoms with Crippen LogP contribution in [-0.2, 0) is 13.0 Å². The number of halogens is 1. The summed E-state index contributed by atoms with van der Waals surface area (Å²) >= 11 is 3.54. The van der Waals surface area contributed by atoms with E-state index in [1.165, 1.54) is 35.2 Å². The number of fused-ring (bicyclic) bond motifs is 1. The van der Waals surface area contributed by atoms with E-state index in [4.69, 9.17) is 0 Å². The van der Waals surface area contributed by atoms with Gasteiger partial charge < -0.3 is 10.6 Å². The van der Waals surface area contributed by atoms with Crippen LogP contribution in [0.5, 0.6) is 0 Å². The van der Waals surface area contributed by atoms with Crippen LogP contribution in [0, 0.1) is 0 Å². The van der Waals surface area contributed by atoms with Gasteiger partial charge in [0.05, 0.1) is 0 Å². The lowest BCUT2D eigenvalue weighted by atomic mass is 9.99. The topological polar surface area (TPSA) is 24.1 Å². The van der Waals surface area contributed by atoms with Crippen molar-refractivity contribution in [3.05, 3.63) is 63.6 Å². The fourth-order valence-corrected chi connectivity index (χ4v) is 3.30. The molecule has 3 rings (SSSR count). The monoisotopic (exact) mass is 344 g/mol. The van der Waals surface area contributed by atoms with Crippen LogP contribution < -0.4 is 10.6 Å². The summed E-state index contributed by atoms with van der Waals surface area (Å²) in [5.74, 6) is 0. The molecule has 2 N–H and O–H groups in total. The van der Waals surface area contributed by atoms with Crippen molar-refractivity contribution in [3.63, 3.8) is 0 Å². The average Bonchev–Trinajstić information content (AvgIpc) is 2.52. The normalized spacial score (nSPS) is 15.1. The van der Waals surface area contributed by atoms with Gasteiger partial charge in [-0.15, -0.1) is 0 Å². The van der Waals surface area contributed by atoms with Gasteiger partial charge in [-0.1, -0.05) is 46.3 Å². The van der Waals surface area contributed by atoms with Crippen molar-refractivity contribution in [3.8, 4) is 0 Å². The number of anilines is 1. The molecule has 1 atom stereocenters. The zero-order chi connectivity index (χ0) is 14.7. The van der Waals surface area contributed by atoms with Gasteiger partial charge in [0.1, 0.15) is 0 Å². The first kappa shape index (κ1) is 14.6. The average molecular weight is 345 g/mol. The lowest BCUT2D eigenvalue weighted by Crippen LogP contribution is -2.21. The van der Waals surface area contributed by atoms with E-state index in [0.29, 0.717) is 6.04 Å². The molecule has 3 heteroatoms. The highest BCUT2D eigenvalue weighted by Gasteiger charge is 2.13. The van der Waals surface area contributed by atoms with Crippen LogP contribution in [0.1, 0.15) is 36.1 Å². The number of benzene rings is 2. The Morgan fingerprint density at radius 3 is 2.95 bits per heavy atom. The predicted octanol–water partition coefficient (Wildman–Crippen LogP) is 4.66. The Labute approximate surface area is 135 Å². The predicted molar refractivity (Wildman–Crippen MR) is 92.6 cm³/mol. The van der Waals surface area contributed by atoms with Gasteiger partial charge in [0.15, 0.2) is 0 Å². The first-order chi connectivity index (χ1) is 10.2. The minimum absolute atomic E-state index is 0.335. The summed E-state index contributed by atoms with van der Waals surface area (Å²) in [6.45, 7) is 4.19. The van der Waals surface area contributed by atoms with Gasteiger partial charge in [-0.3, -0.25) is 0 Å². The zero-order valence-electron chi connectivity index (χ0n) is 12.3. The van der Waals surface area contributed by atoms with Crippen molar-refractivity contribution in [1.82, 2.24) is 5.32 Å². The minimum Gasteiger partial charge on any atom is -0.385 e. The van der Waals surface area contributed by atoms with Crippen LogP contribution in [0.3, 0.4) is 0 Å². The third kappa shape index (κ3) is 3.47. The molecule has 0 aliphatic carbocycles. The van der Waals surface area contributed by atoms with Gasteiger partial charge in [0.25, 0.3) is 0 Å². The van der Waals surface area contributed by atoms with Gasteiger partial charge >= 0.3 is 0 Å². The van der Waals surface area contributed by atoms with E-state index in [9.17, 15) is 0 Å². The summed E-state index contributed by atoms with van der Waals surface area (Å²) in [6, 6.07) is 15.5. The number of hydrogen-bond acceptors (Lipinski definition) is 2. The van der Waals surface area contributed by atoms with E-state index in [2.05, 4.69) is 76.0 Å². The maximum Gasteiger partial charge on any atom is 0.0418 e. The number of rotatable bonds is 4. The Hall–Kier alpha value is -1.32. The molecule has 0 fully saturated rings. The Bertz CT molecular complexity index is 624. The fourth-order valence-electron chi connectivity index (χ4n) is 2.89. The number of nitrogens with one attached hydrogen (secondary N) is 2. The van der Waals surface area contributed by atoms with E-state index in [1.54, 1.807) is 0 Å². The molecule has 1 aliphatic rings. The Morgan fingerprint density at radius 1 is 1.24 bits per heavy atom. The fraction of sp³-hybridized carbons (Fsp3) is 0.333. The molecule has 2 aromatic carbocycles.